The van der Waals surface area contributed by atoms with Crippen LogP contribution in [0.3, 0.4) is 0 Å². The average molecular weight is 189 g/mol. The maximum absolute atomic E-state index is 8.97. The molecule has 1 fully saturated rings. The Labute approximate surface area is 78.9 Å². The van der Waals surface area contributed by atoms with Crippen LogP contribution in [-0.4, -0.2) is 28.8 Å². The monoisotopic (exact) mass is 189 g/mol. The van der Waals surface area contributed by atoms with Crippen molar-refractivity contribution in [3.63, 3.8) is 0 Å². The van der Waals surface area contributed by atoms with Crippen LogP contribution in [0.5, 0.6) is 0 Å². The first-order valence-corrected chi connectivity index (χ1v) is 5.58. The number of nitrogens with two attached hydrogens (primary N) is 1. The molecule has 3 N–H and O–H groups in total. The molecule has 2 nitrogen and oxygen atoms in total. The number of aliphatic hydroxyl groups excluding tert-OH is 1. The maximum atomic E-state index is 8.97. The third-order valence-corrected chi connectivity index (χ3v) is 4.52. The summed E-state index contributed by atoms with van der Waals surface area (Å²) < 4.78 is 0.235. The van der Waals surface area contributed by atoms with Gasteiger partial charge in [0.2, 0.25) is 0 Å². The van der Waals surface area contributed by atoms with Crippen LogP contribution in [0.1, 0.15) is 20.3 Å². The molecule has 2 atom stereocenters. The van der Waals surface area contributed by atoms with E-state index in [9.17, 15) is 0 Å². The zero-order valence-electron chi connectivity index (χ0n) is 7.92. The second-order valence-corrected chi connectivity index (χ2v) is 5.49. The van der Waals surface area contributed by atoms with Crippen molar-refractivity contribution in [2.24, 2.45) is 17.6 Å². The van der Waals surface area contributed by atoms with E-state index in [1.807, 2.05) is 11.8 Å². The smallest absolute Gasteiger partial charge is 0.0473 e. The molecule has 0 heterocycles. The van der Waals surface area contributed by atoms with E-state index in [0.717, 1.165) is 24.6 Å². The van der Waals surface area contributed by atoms with Gasteiger partial charge < -0.3 is 10.8 Å². The highest BCUT2D eigenvalue weighted by molar-refractivity contribution is 8.01. The Bertz CT molecular complexity index is 151. The maximum Gasteiger partial charge on any atom is 0.0473 e. The molecule has 1 aliphatic rings. The fourth-order valence-electron chi connectivity index (χ4n) is 1.41. The van der Waals surface area contributed by atoms with Gasteiger partial charge in [-0.2, -0.15) is 11.8 Å². The van der Waals surface area contributed by atoms with Crippen LogP contribution in [0.4, 0.5) is 0 Å². The van der Waals surface area contributed by atoms with Crippen molar-refractivity contribution in [2.45, 2.75) is 25.0 Å². The number of thioether (sulfide) groups is 1. The van der Waals surface area contributed by atoms with Gasteiger partial charge in [0, 0.05) is 17.9 Å². The molecule has 72 valence electrons. The van der Waals surface area contributed by atoms with Gasteiger partial charge in [0.15, 0.2) is 0 Å². The van der Waals surface area contributed by atoms with Crippen molar-refractivity contribution in [3.05, 3.63) is 0 Å². The lowest BCUT2D eigenvalue weighted by Gasteiger charge is -2.15. The summed E-state index contributed by atoms with van der Waals surface area (Å²) in [4.78, 5) is 0. The minimum absolute atomic E-state index is 0.235. The van der Waals surface area contributed by atoms with Gasteiger partial charge in [0.25, 0.3) is 0 Å². The molecule has 12 heavy (non-hydrogen) atoms. The number of hydrogen-bond donors (Lipinski definition) is 2. The van der Waals surface area contributed by atoms with Gasteiger partial charge in [0.1, 0.15) is 0 Å². The Morgan fingerprint density at radius 2 is 2.33 bits per heavy atom. The topological polar surface area (TPSA) is 46.2 Å². The van der Waals surface area contributed by atoms with Gasteiger partial charge in [-0.15, -0.1) is 0 Å². The molecule has 0 aromatic carbocycles. The molecule has 0 amide bonds. The molecule has 0 spiro atoms. The predicted molar refractivity (Wildman–Crippen MR) is 54.3 cm³/mol. The Kier molecular flexibility index (Phi) is 3.44. The van der Waals surface area contributed by atoms with Crippen molar-refractivity contribution in [2.75, 3.05) is 18.9 Å². The molecule has 1 rings (SSSR count). The van der Waals surface area contributed by atoms with Crippen LogP contribution in [0.25, 0.3) is 0 Å². The average Bonchev–Trinajstić information content (AvgIpc) is 2.76. The second-order valence-electron chi connectivity index (χ2n) is 4.06. The molecule has 0 radical (unpaired) electrons. The van der Waals surface area contributed by atoms with Crippen molar-refractivity contribution in [1.82, 2.24) is 0 Å². The highest BCUT2D eigenvalue weighted by Crippen LogP contribution is 2.53. The van der Waals surface area contributed by atoms with Gasteiger partial charge in [0.05, 0.1) is 0 Å². The highest BCUT2D eigenvalue weighted by atomic mass is 32.2. The summed E-state index contributed by atoms with van der Waals surface area (Å²) in [5.74, 6) is 2.35. The van der Waals surface area contributed by atoms with Crippen molar-refractivity contribution >= 4 is 11.8 Å². The molecule has 0 saturated heterocycles. The first-order chi connectivity index (χ1) is 5.64. The molecule has 0 aromatic rings. The van der Waals surface area contributed by atoms with Gasteiger partial charge in [-0.25, -0.2) is 0 Å². The van der Waals surface area contributed by atoms with E-state index in [0.29, 0.717) is 12.5 Å². The number of rotatable bonds is 5. The first kappa shape index (κ1) is 10.4. The summed E-state index contributed by atoms with van der Waals surface area (Å²) in [6.07, 6.45) is 1.11. The van der Waals surface area contributed by atoms with E-state index >= 15 is 0 Å². The Balaban J connectivity index is 2.29. The summed E-state index contributed by atoms with van der Waals surface area (Å²) >= 11 is 1.95. The van der Waals surface area contributed by atoms with Crippen LogP contribution in [0.2, 0.25) is 0 Å². The molecule has 2 unspecified atom stereocenters. The van der Waals surface area contributed by atoms with Crippen LogP contribution in [-0.2, 0) is 0 Å². The summed E-state index contributed by atoms with van der Waals surface area (Å²) in [7, 11) is 0. The molecule has 0 aliphatic heterocycles. The third-order valence-electron chi connectivity index (χ3n) is 2.45. The molecular weight excluding hydrogens is 170 g/mol. The minimum atomic E-state index is 0.235. The van der Waals surface area contributed by atoms with E-state index < -0.39 is 0 Å². The van der Waals surface area contributed by atoms with Gasteiger partial charge >= 0.3 is 0 Å². The quantitative estimate of drug-likeness (QED) is 0.680. The van der Waals surface area contributed by atoms with Gasteiger partial charge in [-0.1, -0.05) is 13.8 Å². The van der Waals surface area contributed by atoms with E-state index in [-0.39, 0.29) is 4.75 Å². The lowest BCUT2D eigenvalue weighted by Crippen LogP contribution is -2.23. The lowest BCUT2D eigenvalue weighted by atomic mass is 10.3. The van der Waals surface area contributed by atoms with Crippen LogP contribution in [0, 0.1) is 11.8 Å². The number of aliphatic hydroxyl groups is 1. The molecule has 0 bridgehead atoms. The molecule has 1 aliphatic carbocycles. The third kappa shape index (κ3) is 2.15. The van der Waals surface area contributed by atoms with Crippen molar-refractivity contribution in [1.29, 1.82) is 0 Å². The predicted octanol–water partition coefficient (Wildman–Crippen LogP) is 1.09. The van der Waals surface area contributed by atoms with E-state index in [4.69, 9.17) is 10.8 Å². The fraction of sp³-hybridized carbons (Fsp3) is 1.00. The van der Waals surface area contributed by atoms with Crippen LogP contribution in [0.15, 0.2) is 0 Å². The van der Waals surface area contributed by atoms with E-state index in [2.05, 4.69) is 13.8 Å². The minimum Gasteiger partial charge on any atom is -0.396 e. The zero-order chi connectivity index (χ0) is 9.19. The van der Waals surface area contributed by atoms with E-state index in [1.165, 1.54) is 0 Å². The first-order valence-electron chi connectivity index (χ1n) is 4.59. The second kappa shape index (κ2) is 3.99. The van der Waals surface area contributed by atoms with Crippen LogP contribution >= 0.6 is 11.8 Å². The molecule has 0 aromatic heterocycles. The van der Waals surface area contributed by atoms with Gasteiger partial charge in [-0.05, 0) is 24.0 Å². The zero-order valence-corrected chi connectivity index (χ0v) is 8.73. The summed E-state index contributed by atoms with van der Waals surface area (Å²) in [6, 6.07) is 0. The molecule has 1 saturated carbocycles. The molecular formula is C9H19NOS. The summed E-state index contributed by atoms with van der Waals surface area (Å²) in [5.41, 5.74) is 5.69. The standard InChI is InChI=1S/C9H19NOS/c1-7(2)5-12-9(6-10)3-8(9)4-11/h7-8,11H,3-6,10H2,1-2H3. The highest BCUT2D eigenvalue weighted by Gasteiger charge is 2.52. The van der Waals surface area contributed by atoms with Crippen molar-refractivity contribution in [3.8, 4) is 0 Å². The van der Waals surface area contributed by atoms with E-state index in [1.54, 1.807) is 0 Å². The van der Waals surface area contributed by atoms with Crippen molar-refractivity contribution < 1.29 is 5.11 Å². The largest absolute Gasteiger partial charge is 0.396 e. The summed E-state index contributed by atoms with van der Waals surface area (Å²) in [6.45, 7) is 5.46. The molecule has 3 heteroatoms. The number of hydrogen-bond acceptors (Lipinski definition) is 3. The lowest BCUT2D eigenvalue weighted by molar-refractivity contribution is 0.272. The summed E-state index contributed by atoms with van der Waals surface area (Å²) in [5, 5.41) is 8.97. The van der Waals surface area contributed by atoms with Gasteiger partial charge in [-0.3, -0.25) is 0 Å². The Hall–Kier alpha value is 0.270. The Morgan fingerprint density at radius 1 is 1.67 bits per heavy atom. The normalized spacial score (nSPS) is 34.2. The fourth-order valence-corrected chi connectivity index (χ4v) is 2.82. The Morgan fingerprint density at radius 3 is 2.67 bits per heavy atom. The SMILES string of the molecule is CC(C)CSC1(CN)CC1CO. The van der Waals surface area contributed by atoms with Crippen LogP contribution < -0.4 is 5.73 Å².